The summed E-state index contributed by atoms with van der Waals surface area (Å²) in [5.74, 6) is 1.14. The van der Waals surface area contributed by atoms with Gasteiger partial charge in [0.2, 0.25) is 0 Å². The molecule has 0 spiro atoms. The van der Waals surface area contributed by atoms with Crippen LogP contribution in [0.15, 0.2) is 4.79 Å². The van der Waals surface area contributed by atoms with E-state index in [-0.39, 0.29) is 5.56 Å². The summed E-state index contributed by atoms with van der Waals surface area (Å²) in [4.78, 5) is 20.1. The summed E-state index contributed by atoms with van der Waals surface area (Å²) in [5, 5.41) is 8.53. The first-order valence-corrected chi connectivity index (χ1v) is 7.94. The first kappa shape index (κ1) is 13.0. The Hall–Kier alpha value is -1.69. The molecular formula is C15H21N5O. The highest BCUT2D eigenvalue weighted by atomic mass is 16.1. The summed E-state index contributed by atoms with van der Waals surface area (Å²) in [6.07, 6.45) is 6.08. The van der Waals surface area contributed by atoms with Crippen molar-refractivity contribution < 1.29 is 0 Å². The van der Waals surface area contributed by atoms with Gasteiger partial charge >= 0.3 is 0 Å². The number of hydrogen-bond donors (Lipinski definition) is 2. The molecule has 2 aromatic heterocycles. The third-order valence-corrected chi connectivity index (χ3v) is 4.84. The number of aryl methyl sites for hydroxylation is 1. The molecule has 3 heterocycles. The molecule has 6 heteroatoms. The maximum atomic E-state index is 12.4. The SMILES string of the molecule is Cc1nn(C2CCCCC2)c2nc(C3CNC3)[nH]c(=O)c12. The monoisotopic (exact) mass is 287 g/mol. The third-order valence-electron chi connectivity index (χ3n) is 4.84. The number of hydrogen-bond acceptors (Lipinski definition) is 4. The van der Waals surface area contributed by atoms with Gasteiger partial charge in [0.05, 0.1) is 11.7 Å². The van der Waals surface area contributed by atoms with Crippen LogP contribution in [0.1, 0.15) is 55.6 Å². The Labute approximate surface area is 123 Å². The molecule has 0 amide bonds. The summed E-state index contributed by atoms with van der Waals surface area (Å²) in [6.45, 7) is 3.69. The molecule has 0 unspecified atom stereocenters. The van der Waals surface area contributed by atoms with E-state index < -0.39 is 0 Å². The highest BCUT2D eigenvalue weighted by Gasteiger charge is 2.26. The van der Waals surface area contributed by atoms with Crippen molar-refractivity contribution in [2.24, 2.45) is 0 Å². The average molecular weight is 287 g/mol. The Morgan fingerprint density at radius 2 is 1.95 bits per heavy atom. The number of fused-ring (bicyclic) bond motifs is 1. The fraction of sp³-hybridized carbons (Fsp3) is 0.667. The van der Waals surface area contributed by atoms with Crippen LogP contribution in [0.5, 0.6) is 0 Å². The smallest absolute Gasteiger partial charge is 0.262 e. The molecule has 2 fully saturated rings. The molecule has 4 rings (SSSR count). The molecule has 2 N–H and O–H groups in total. The Morgan fingerprint density at radius 3 is 2.62 bits per heavy atom. The van der Waals surface area contributed by atoms with Gasteiger partial charge in [-0.2, -0.15) is 5.10 Å². The third kappa shape index (κ3) is 2.09. The molecule has 0 bridgehead atoms. The molecule has 1 aliphatic carbocycles. The summed E-state index contributed by atoms with van der Waals surface area (Å²) < 4.78 is 2.02. The summed E-state index contributed by atoms with van der Waals surface area (Å²) >= 11 is 0. The predicted octanol–water partition coefficient (Wildman–Crippen LogP) is 1.62. The van der Waals surface area contributed by atoms with Gasteiger partial charge in [0.15, 0.2) is 5.65 Å². The van der Waals surface area contributed by atoms with Gasteiger partial charge in [0, 0.05) is 19.0 Å². The number of H-pyrrole nitrogens is 1. The Kier molecular flexibility index (Phi) is 3.06. The van der Waals surface area contributed by atoms with Crippen molar-refractivity contribution in [1.29, 1.82) is 0 Å². The molecule has 112 valence electrons. The van der Waals surface area contributed by atoms with E-state index in [1.807, 2.05) is 11.6 Å². The molecular weight excluding hydrogens is 266 g/mol. The maximum absolute atomic E-state index is 12.4. The largest absolute Gasteiger partial charge is 0.315 e. The van der Waals surface area contributed by atoms with Gasteiger partial charge < -0.3 is 10.3 Å². The van der Waals surface area contributed by atoms with Crippen LogP contribution in [0.25, 0.3) is 11.0 Å². The Bertz CT molecular complexity index is 721. The van der Waals surface area contributed by atoms with Gasteiger partial charge in [-0.3, -0.25) is 4.79 Å². The minimum absolute atomic E-state index is 0.0403. The molecule has 0 aromatic carbocycles. The first-order valence-electron chi connectivity index (χ1n) is 7.94. The van der Waals surface area contributed by atoms with Crippen molar-refractivity contribution in [3.63, 3.8) is 0 Å². The zero-order chi connectivity index (χ0) is 14.4. The highest BCUT2D eigenvalue weighted by molar-refractivity contribution is 5.77. The molecule has 0 atom stereocenters. The van der Waals surface area contributed by atoms with Crippen LogP contribution < -0.4 is 10.9 Å². The Balaban J connectivity index is 1.86. The van der Waals surface area contributed by atoms with Gasteiger partial charge in [-0.25, -0.2) is 9.67 Å². The lowest BCUT2D eigenvalue weighted by Gasteiger charge is -2.26. The van der Waals surface area contributed by atoms with Crippen LogP contribution in [0.3, 0.4) is 0 Å². The summed E-state index contributed by atoms with van der Waals surface area (Å²) in [7, 11) is 0. The lowest BCUT2D eigenvalue weighted by molar-refractivity contribution is 0.334. The van der Waals surface area contributed by atoms with E-state index in [0.29, 0.717) is 17.3 Å². The van der Waals surface area contributed by atoms with Crippen LogP contribution >= 0.6 is 0 Å². The van der Waals surface area contributed by atoms with Crippen LogP contribution in [-0.4, -0.2) is 32.8 Å². The zero-order valence-corrected chi connectivity index (χ0v) is 12.4. The molecule has 2 aliphatic rings. The molecule has 1 saturated heterocycles. The van der Waals surface area contributed by atoms with Gasteiger partial charge in [-0.15, -0.1) is 0 Å². The maximum Gasteiger partial charge on any atom is 0.262 e. The van der Waals surface area contributed by atoms with Crippen LogP contribution in [0.2, 0.25) is 0 Å². The first-order chi connectivity index (χ1) is 10.2. The minimum atomic E-state index is -0.0403. The standard InChI is InChI=1S/C15H21N5O/c1-9-12-14(20(19-9)11-5-3-2-4-6-11)17-13(18-15(12)21)10-7-16-8-10/h10-11,16H,2-8H2,1H3,(H,17,18,21). The number of aromatic amines is 1. The lowest BCUT2D eigenvalue weighted by Crippen LogP contribution is -2.41. The molecule has 1 aliphatic heterocycles. The second-order valence-electron chi connectivity index (χ2n) is 6.33. The van der Waals surface area contributed by atoms with Crippen LogP contribution in [0, 0.1) is 6.92 Å². The van der Waals surface area contributed by atoms with Crippen LogP contribution in [0.4, 0.5) is 0 Å². The van der Waals surface area contributed by atoms with Crippen molar-refractivity contribution >= 4 is 11.0 Å². The van der Waals surface area contributed by atoms with Crippen LogP contribution in [-0.2, 0) is 0 Å². The average Bonchev–Trinajstić information content (AvgIpc) is 2.75. The molecule has 1 saturated carbocycles. The van der Waals surface area contributed by atoms with E-state index in [0.717, 1.165) is 43.1 Å². The topological polar surface area (TPSA) is 75.6 Å². The van der Waals surface area contributed by atoms with Gasteiger partial charge in [-0.05, 0) is 19.8 Å². The summed E-state index contributed by atoms with van der Waals surface area (Å²) in [6, 6.07) is 0.400. The fourth-order valence-electron chi connectivity index (χ4n) is 3.48. The van der Waals surface area contributed by atoms with Gasteiger partial charge in [0.25, 0.3) is 5.56 Å². The minimum Gasteiger partial charge on any atom is -0.315 e. The van der Waals surface area contributed by atoms with E-state index in [4.69, 9.17) is 4.98 Å². The predicted molar refractivity (Wildman–Crippen MR) is 80.6 cm³/mol. The van der Waals surface area contributed by atoms with Crippen molar-refractivity contribution in [2.75, 3.05) is 13.1 Å². The van der Waals surface area contributed by atoms with Crippen molar-refractivity contribution in [2.45, 2.75) is 51.0 Å². The van der Waals surface area contributed by atoms with E-state index in [1.165, 1.54) is 19.3 Å². The van der Waals surface area contributed by atoms with Gasteiger partial charge in [-0.1, -0.05) is 19.3 Å². The quantitative estimate of drug-likeness (QED) is 0.880. The van der Waals surface area contributed by atoms with Crippen molar-refractivity contribution in [3.05, 3.63) is 21.9 Å². The normalized spacial score (nSPS) is 20.8. The Morgan fingerprint density at radius 1 is 1.19 bits per heavy atom. The van der Waals surface area contributed by atoms with Crippen molar-refractivity contribution in [1.82, 2.24) is 25.1 Å². The second-order valence-corrected chi connectivity index (χ2v) is 6.33. The van der Waals surface area contributed by atoms with Gasteiger partial charge in [0.1, 0.15) is 11.2 Å². The van der Waals surface area contributed by atoms with E-state index in [2.05, 4.69) is 15.4 Å². The number of rotatable bonds is 2. The molecule has 21 heavy (non-hydrogen) atoms. The fourth-order valence-corrected chi connectivity index (χ4v) is 3.48. The highest BCUT2D eigenvalue weighted by Crippen LogP contribution is 2.30. The van der Waals surface area contributed by atoms with E-state index in [9.17, 15) is 4.79 Å². The number of aromatic nitrogens is 4. The van der Waals surface area contributed by atoms with E-state index >= 15 is 0 Å². The lowest BCUT2D eigenvalue weighted by atomic mass is 9.96. The second kappa shape index (κ2) is 4.94. The van der Waals surface area contributed by atoms with E-state index in [1.54, 1.807) is 0 Å². The van der Waals surface area contributed by atoms with Crippen molar-refractivity contribution in [3.8, 4) is 0 Å². The molecule has 0 radical (unpaired) electrons. The summed E-state index contributed by atoms with van der Waals surface area (Å²) in [5.41, 5.74) is 1.54. The number of nitrogens with zero attached hydrogens (tertiary/aromatic N) is 3. The number of nitrogens with one attached hydrogen (secondary N) is 2. The zero-order valence-electron chi connectivity index (χ0n) is 12.4. The molecule has 6 nitrogen and oxygen atoms in total. The molecule has 2 aromatic rings.